The number of nitrogens with zero attached hydrogens (tertiary/aromatic N) is 1. The van der Waals surface area contributed by atoms with Crippen LogP contribution in [0, 0.1) is 0 Å². The molecule has 0 saturated carbocycles. The average molecular weight is 228 g/mol. The predicted octanol–water partition coefficient (Wildman–Crippen LogP) is 2.15. The first kappa shape index (κ1) is 11.9. The summed E-state index contributed by atoms with van der Waals surface area (Å²) in [5.74, 6) is -0.0133. The van der Waals surface area contributed by atoms with E-state index in [1.54, 1.807) is 25.2 Å². The molecule has 82 valence electrons. The summed E-state index contributed by atoms with van der Waals surface area (Å²) in [5, 5.41) is 9.61. The fourth-order valence-electron chi connectivity index (χ4n) is 1.36. The van der Waals surface area contributed by atoms with Gasteiger partial charge in [-0.3, -0.25) is 4.79 Å². The lowest BCUT2D eigenvalue weighted by atomic mass is 10.1. The Labute approximate surface area is 94.3 Å². The number of aromatic hydroxyl groups is 1. The van der Waals surface area contributed by atoms with Gasteiger partial charge in [0.15, 0.2) is 0 Å². The summed E-state index contributed by atoms with van der Waals surface area (Å²) >= 11 is 5.46. The number of phenolic OH excluding ortho intramolecular Hbond substituents is 1. The molecule has 1 aromatic carbocycles. The van der Waals surface area contributed by atoms with E-state index in [0.29, 0.717) is 0 Å². The van der Waals surface area contributed by atoms with Gasteiger partial charge in [0.1, 0.15) is 11.6 Å². The molecule has 0 saturated heterocycles. The molecule has 0 fully saturated rings. The second-order valence-corrected chi connectivity index (χ2v) is 3.64. The predicted molar refractivity (Wildman–Crippen MR) is 60.0 cm³/mol. The van der Waals surface area contributed by atoms with Crippen molar-refractivity contribution in [2.75, 3.05) is 12.9 Å². The topological polar surface area (TPSA) is 40.5 Å². The maximum Gasteiger partial charge on any atom is 0.237 e. The molecule has 15 heavy (non-hydrogen) atoms. The minimum atomic E-state index is -0.183. The summed E-state index contributed by atoms with van der Waals surface area (Å²) < 4.78 is 0. The van der Waals surface area contributed by atoms with Gasteiger partial charge in [-0.25, -0.2) is 0 Å². The van der Waals surface area contributed by atoms with E-state index in [2.05, 4.69) is 0 Å². The highest BCUT2D eigenvalue weighted by Crippen LogP contribution is 2.27. The third-order valence-corrected chi connectivity index (χ3v) is 2.70. The van der Waals surface area contributed by atoms with Crippen molar-refractivity contribution < 1.29 is 9.90 Å². The fraction of sp³-hybridized carbons (Fsp3) is 0.364. The van der Waals surface area contributed by atoms with E-state index in [1.165, 1.54) is 4.90 Å². The Morgan fingerprint density at radius 1 is 1.53 bits per heavy atom. The fourth-order valence-corrected chi connectivity index (χ4v) is 1.55. The van der Waals surface area contributed by atoms with E-state index in [9.17, 15) is 9.90 Å². The number of amides is 1. The lowest BCUT2D eigenvalue weighted by Crippen LogP contribution is -2.30. The lowest BCUT2D eigenvalue weighted by molar-refractivity contribution is -0.129. The number of hydrogen-bond donors (Lipinski definition) is 1. The summed E-state index contributed by atoms with van der Waals surface area (Å²) in [6.07, 6.45) is 0. The van der Waals surface area contributed by atoms with E-state index in [4.69, 9.17) is 11.6 Å². The van der Waals surface area contributed by atoms with Crippen LogP contribution in [0.3, 0.4) is 0 Å². The molecule has 1 N–H and O–H groups in total. The Morgan fingerprint density at radius 2 is 2.13 bits per heavy atom. The summed E-state index contributed by atoms with van der Waals surface area (Å²) in [6.45, 7) is 1.85. The second kappa shape index (κ2) is 5.03. The van der Waals surface area contributed by atoms with Gasteiger partial charge in [-0.05, 0) is 13.0 Å². The normalized spacial score (nSPS) is 12.2. The van der Waals surface area contributed by atoms with Crippen LogP contribution in [-0.2, 0) is 4.79 Å². The smallest absolute Gasteiger partial charge is 0.237 e. The first-order valence-electron chi connectivity index (χ1n) is 4.67. The van der Waals surface area contributed by atoms with Crippen molar-refractivity contribution >= 4 is 17.5 Å². The number of hydrogen-bond acceptors (Lipinski definition) is 2. The van der Waals surface area contributed by atoms with Crippen LogP contribution < -0.4 is 0 Å². The molecule has 1 aromatic rings. The number of halogens is 1. The minimum absolute atomic E-state index is 0.0472. The molecule has 0 aliphatic heterocycles. The number of phenols is 1. The maximum absolute atomic E-state index is 11.4. The molecule has 0 aliphatic rings. The molecule has 1 unspecified atom stereocenters. The number of rotatable bonds is 3. The Morgan fingerprint density at radius 3 is 2.67 bits per heavy atom. The summed E-state index contributed by atoms with van der Waals surface area (Å²) in [4.78, 5) is 12.9. The van der Waals surface area contributed by atoms with Crippen molar-refractivity contribution in [3.05, 3.63) is 29.8 Å². The van der Waals surface area contributed by atoms with Crippen LogP contribution in [0.25, 0.3) is 0 Å². The van der Waals surface area contributed by atoms with Crippen LogP contribution in [0.2, 0.25) is 0 Å². The van der Waals surface area contributed by atoms with Gasteiger partial charge in [-0.15, -0.1) is 11.6 Å². The molecule has 0 radical (unpaired) electrons. The standard InChI is InChI=1S/C11H14ClNO2/c1-8(13(2)11(15)7-12)9-5-3-4-6-10(9)14/h3-6,8,14H,7H2,1-2H3. The largest absolute Gasteiger partial charge is 0.508 e. The van der Waals surface area contributed by atoms with E-state index in [-0.39, 0.29) is 23.6 Å². The third-order valence-electron chi connectivity index (χ3n) is 2.48. The average Bonchev–Trinajstić information content (AvgIpc) is 2.26. The quantitative estimate of drug-likeness (QED) is 0.804. The van der Waals surface area contributed by atoms with Gasteiger partial charge in [0.2, 0.25) is 5.91 Å². The SMILES string of the molecule is CC(c1ccccc1O)N(C)C(=O)CCl. The summed E-state index contributed by atoms with van der Waals surface area (Å²) in [6, 6.07) is 6.78. The van der Waals surface area contributed by atoms with E-state index < -0.39 is 0 Å². The minimum Gasteiger partial charge on any atom is -0.508 e. The molecule has 0 heterocycles. The van der Waals surface area contributed by atoms with Gasteiger partial charge < -0.3 is 10.0 Å². The zero-order chi connectivity index (χ0) is 11.4. The zero-order valence-corrected chi connectivity index (χ0v) is 9.53. The number of carbonyl (C=O) groups is 1. The number of carbonyl (C=O) groups excluding carboxylic acids is 1. The molecule has 0 aliphatic carbocycles. The highest BCUT2D eigenvalue weighted by Gasteiger charge is 2.18. The molecule has 0 bridgehead atoms. The van der Waals surface area contributed by atoms with Crippen molar-refractivity contribution in [2.24, 2.45) is 0 Å². The second-order valence-electron chi connectivity index (χ2n) is 3.37. The first-order chi connectivity index (χ1) is 7.07. The van der Waals surface area contributed by atoms with Crippen LogP contribution in [0.15, 0.2) is 24.3 Å². The van der Waals surface area contributed by atoms with E-state index in [1.807, 2.05) is 13.0 Å². The molecule has 0 aromatic heterocycles. The van der Waals surface area contributed by atoms with Crippen molar-refractivity contribution in [2.45, 2.75) is 13.0 Å². The van der Waals surface area contributed by atoms with Gasteiger partial charge in [-0.1, -0.05) is 18.2 Å². The molecular weight excluding hydrogens is 214 g/mol. The zero-order valence-electron chi connectivity index (χ0n) is 8.77. The van der Waals surface area contributed by atoms with Crippen molar-refractivity contribution in [1.29, 1.82) is 0 Å². The van der Waals surface area contributed by atoms with Gasteiger partial charge in [0.25, 0.3) is 0 Å². The molecule has 1 atom stereocenters. The van der Waals surface area contributed by atoms with Gasteiger partial charge >= 0.3 is 0 Å². The molecule has 4 heteroatoms. The van der Waals surface area contributed by atoms with E-state index >= 15 is 0 Å². The number of benzene rings is 1. The molecule has 1 amide bonds. The number of para-hydroxylation sites is 1. The van der Waals surface area contributed by atoms with Gasteiger partial charge in [0, 0.05) is 12.6 Å². The molecule has 0 spiro atoms. The molecule has 3 nitrogen and oxygen atoms in total. The number of alkyl halides is 1. The highest BCUT2D eigenvalue weighted by molar-refractivity contribution is 6.27. The van der Waals surface area contributed by atoms with E-state index in [0.717, 1.165) is 5.56 Å². The molecule has 1 rings (SSSR count). The Hall–Kier alpha value is -1.22. The maximum atomic E-state index is 11.4. The third kappa shape index (κ3) is 2.63. The van der Waals surface area contributed by atoms with Crippen molar-refractivity contribution in [3.63, 3.8) is 0 Å². The molecular formula is C11H14ClNO2. The van der Waals surface area contributed by atoms with Gasteiger partial charge in [-0.2, -0.15) is 0 Å². The van der Waals surface area contributed by atoms with Crippen LogP contribution in [-0.4, -0.2) is 28.8 Å². The van der Waals surface area contributed by atoms with Crippen molar-refractivity contribution in [3.8, 4) is 5.75 Å². The van der Waals surface area contributed by atoms with Gasteiger partial charge in [0.05, 0.1) is 6.04 Å². The Kier molecular flexibility index (Phi) is 3.97. The lowest BCUT2D eigenvalue weighted by Gasteiger charge is -2.25. The summed E-state index contributed by atoms with van der Waals surface area (Å²) in [7, 11) is 1.67. The summed E-state index contributed by atoms with van der Waals surface area (Å²) in [5.41, 5.74) is 0.721. The Bertz CT molecular complexity index is 354. The van der Waals surface area contributed by atoms with Crippen LogP contribution in [0.1, 0.15) is 18.5 Å². The van der Waals surface area contributed by atoms with Crippen LogP contribution in [0.4, 0.5) is 0 Å². The van der Waals surface area contributed by atoms with Crippen LogP contribution in [0.5, 0.6) is 5.75 Å². The first-order valence-corrected chi connectivity index (χ1v) is 5.21. The van der Waals surface area contributed by atoms with Crippen molar-refractivity contribution in [1.82, 2.24) is 4.90 Å². The Balaban J connectivity index is 2.89. The van der Waals surface area contributed by atoms with Crippen LogP contribution >= 0.6 is 11.6 Å². The highest BCUT2D eigenvalue weighted by atomic mass is 35.5. The monoisotopic (exact) mass is 227 g/mol.